The van der Waals surface area contributed by atoms with Gasteiger partial charge in [-0.05, 0) is 18.2 Å². The number of nitrogens with zero attached hydrogens (tertiary/aromatic N) is 1. The molecule has 1 aliphatic rings. The Labute approximate surface area is 120 Å². The fourth-order valence-corrected chi connectivity index (χ4v) is 2.27. The monoisotopic (exact) mass is 301 g/mol. The van der Waals surface area contributed by atoms with E-state index in [9.17, 15) is 9.59 Å². The molecular weight excluding hydrogens is 289 g/mol. The molecule has 0 unspecified atom stereocenters. The summed E-state index contributed by atoms with van der Waals surface area (Å²) in [4.78, 5) is 24.8. The third kappa shape index (κ3) is 4.09. The van der Waals surface area contributed by atoms with Gasteiger partial charge >= 0.3 is 0 Å². The number of piperazine rings is 1. The molecule has 1 aliphatic heterocycles. The second-order valence-corrected chi connectivity index (χ2v) is 5.08. The Hall–Kier alpha value is -1.30. The Morgan fingerprint density at radius 1 is 1.42 bits per heavy atom. The van der Waals surface area contributed by atoms with Gasteiger partial charge in [-0.3, -0.25) is 14.5 Å². The van der Waals surface area contributed by atoms with Gasteiger partial charge in [-0.25, -0.2) is 0 Å². The molecule has 0 radical (unpaired) electrons. The Kier molecular flexibility index (Phi) is 4.63. The van der Waals surface area contributed by atoms with E-state index in [-0.39, 0.29) is 24.9 Å². The summed E-state index contributed by atoms with van der Waals surface area (Å²) in [5.74, 6) is -0.275. The summed E-state index contributed by atoms with van der Waals surface area (Å²) >= 11 is 11.7. The van der Waals surface area contributed by atoms with Crippen LogP contribution in [0.15, 0.2) is 18.2 Å². The molecule has 7 heteroatoms. The number of benzene rings is 1. The molecule has 1 heterocycles. The number of halogens is 2. The SMILES string of the molecule is O=C1CN(CC(=O)Nc2ccc(Cl)cc2Cl)CCN1. The molecule has 1 aromatic carbocycles. The normalized spacial score (nSPS) is 16.0. The van der Waals surface area contributed by atoms with Crippen molar-refractivity contribution < 1.29 is 9.59 Å². The van der Waals surface area contributed by atoms with E-state index < -0.39 is 0 Å². The highest BCUT2D eigenvalue weighted by molar-refractivity contribution is 6.36. The first-order valence-corrected chi connectivity index (χ1v) is 6.54. The van der Waals surface area contributed by atoms with E-state index >= 15 is 0 Å². The Balaban J connectivity index is 1.92. The molecule has 1 saturated heterocycles. The van der Waals surface area contributed by atoms with Crippen LogP contribution in [0.4, 0.5) is 5.69 Å². The van der Waals surface area contributed by atoms with Crippen LogP contribution in [0.1, 0.15) is 0 Å². The summed E-state index contributed by atoms with van der Waals surface area (Å²) in [6, 6.07) is 4.86. The van der Waals surface area contributed by atoms with Crippen molar-refractivity contribution in [2.75, 3.05) is 31.5 Å². The van der Waals surface area contributed by atoms with Crippen molar-refractivity contribution in [3.63, 3.8) is 0 Å². The highest BCUT2D eigenvalue weighted by atomic mass is 35.5. The fourth-order valence-electron chi connectivity index (χ4n) is 1.81. The van der Waals surface area contributed by atoms with Gasteiger partial charge in [-0.2, -0.15) is 0 Å². The van der Waals surface area contributed by atoms with Crippen LogP contribution < -0.4 is 10.6 Å². The van der Waals surface area contributed by atoms with Crippen LogP contribution in [-0.2, 0) is 9.59 Å². The van der Waals surface area contributed by atoms with E-state index in [1.807, 2.05) is 0 Å². The number of carbonyl (C=O) groups is 2. The first-order valence-electron chi connectivity index (χ1n) is 5.78. The minimum Gasteiger partial charge on any atom is -0.354 e. The standard InChI is InChI=1S/C12H13Cl2N3O2/c13-8-1-2-10(9(14)5-8)16-12(19)7-17-4-3-15-11(18)6-17/h1-2,5H,3-4,6-7H2,(H,15,18)(H,16,19). The average molecular weight is 302 g/mol. The highest BCUT2D eigenvalue weighted by Gasteiger charge is 2.18. The topological polar surface area (TPSA) is 61.4 Å². The average Bonchev–Trinajstić information content (AvgIpc) is 2.33. The second kappa shape index (κ2) is 6.23. The lowest BCUT2D eigenvalue weighted by atomic mass is 10.3. The van der Waals surface area contributed by atoms with Crippen molar-refractivity contribution in [1.29, 1.82) is 0 Å². The van der Waals surface area contributed by atoms with E-state index in [1.54, 1.807) is 23.1 Å². The molecule has 0 spiro atoms. The molecule has 0 saturated carbocycles. The largest absolute Gasteiger partial charge is 0.354 e. The number of hydrogen-bond acceptors (Lipinski definition) is 3. The lowest BCUT2D eigenvalue weighted by Gasteiger charge is -2.25. The van der Waals surface area contributed by atoms with Crippen LogP contribution >= 0.6 is 23.2 Å². The van der Waals surface area contributed by atoms with Gasteiger partial charge in [0.2, 0.25) is 11.8 Å². The Morgan fingerprint density at radius 3 is 2.89 bits per heavy atom. The summed E-state index contributed by atoms with van der Waals surface area (Å²) in [7, 11) is 0. The van der Waals surface area contributed by atoms with Crippen molar-refractivity contribution in [2.24, 2.45) is 0 Å². The molecule has 0 bridgehead atoms. The van der Waals surface area contributed by atoms with E-state index in [2.05, 4.69) is 10.6 Å². The van der Waals surface area contributed by atoms with Crippen LogP contribution in [-0.4, -0.2) is 42.9 Å². The van der Waals surface area contributed by atoms with Crippen molar-refractivity contribution in [1.82, 2.24) is 10.2 Å². The quantitative estimate of drug-likeness (QED) is 0.886. The molecule has 2 amide bonds. The van der Waals surface area contributed by atoms with Gasteiger partial charge in [0.25, 0.3) is 0 Å². The number of carbonyl (C=O) groups excluding carboxylic acids is 2. The molecular formula is C12H13Cl2N3O2. The predicted molar refractivity (Wildman–Crippen MR) is 74.5 cm³/mol. The van der Waals surface area contributed by atoms with Crippen LogP contribution in [0, 0.1) is 0 Å². The molecule has 102 valence electrons. The highest BCUT2D eigenvalue weighted by Crippen LogP contribution is 2.25. The van der Waals surface area contributed by atoms with Crippen molar-refractivity contribution >= 4 is 40.7 Å². The summed E-state index contributed by atoms with van der Waals surface area (Å²) in [6.45, 7) is 1.62. The maximum Gasteiger partial charge on any atom is 0.238 e. The molecule has 2 N–H and O–H groups in total. The molecule has 1 fully saturated rings. The molecule has 5 nitrogen and oxygen atoms in total. The minimum atomic E-state index is -0.209. The van der Waals surface area contributed by atoms with E-state index in [1.165, 1.54) is 0 Å². The van der Waals surface area contributed by atoms with Crippen molar-refractivity contribution in [3.8, 4) is 0 Å². The zero-order chi connectivity index (χ0) is 13.8. The molecule has 0 aromatic heterocycles. The Bertz CT molecular complexity index is 508. The minimum absolute atomic E-state index is 0.0661. The summed E-state index contributed by atoms with van der Waals surface area (Å²) < 4.78 is 0. The number of rotatable bonds is 3. The maximum atomic E-state index is 11.8. The van der Waals surface area contributed by atoms with E-state index in [4.69, 9.17) is 23.2 Å². The van der Waals surface area contributed by atoms with Crippen LogP contribution in [0.3, 0.4) is 0 Å². The zero-order valence-electron chi connectivity index (χ0n) is 10.1. The maximum absolute atomic E-state index is 11.8. The number of nitrogens with one attached hydrogen (secondary N) is 2. The third-order valence-electron chi connectivity index (χ3n) is 2.69. The summed E-state index contributed by atoms with van der Waals surface area (Å²) in [5, 5.41) is 6.30. The number of hydrogen-bond donors (Lipinski definition) is 2. The lowest BCUT2D eigenvalue weighted by Crippen LogP contribution is -2.49. The van der Waals surface area contributed by atoms with Gasteiger partial charge in [-0.1, -0.05) is 23.2 Å². The second-order valence-electron chi connectivity index (χ2n) is 4.23. The van der Waals surface area contributed by atoms with Crippen LogP contribution in [0.5, 0.6) is 0 Å². The first-order chi connectivity index (χ1) is 9.04. The molecule has 1 aromatic rings. The number of anilines is 1. The first kappa shape index (κ1) is 14.1. The van der Waals surface area contributed by atoms with Gasteiger partial charge in [-0.15, -0.1) is 0 Å². The van der Waals surface area contributed by atoms with Gasteiger partial charge < -0.3 is 10.6 Å². The molecule has 0 atom stereocenters. The fraction of sp³-hybridized carbons (Fsp3) is 0.333. The van der Waals surface area contributed by atoms with E-state index in [0.717, 1.165) is 0 Å². The van der Waals surface area contributed by atoms with Gasteiger partial charge in [0.15, 0.2) is 0 Å². The van der Waals surface area contributed by atoms with Gasteiger partial charge in [0.05, 0.1) is 23.8 Å². The van der Waals surface area contributed by atoms with Crippen LogP contribution in [0.2, 0.25) is 10.0 Å². The lowest BCUT2D eigenvalue weighted by molar-refractivity contribution is -0.125. The van der Waals surface area contributed by atoms with E-state index in [0.29, 0.717) is 28.8 Å². The molecule has 0 aliphatic carbocycles. The Morgan fingerprint density at radius 2 is 2.21 bits per heavy atom. The zero-order valence-corrected chi connectivity index (χ0v) is 11.6. The summed E-state index contributed by atoms with van der Waals surface area (Å²) in [6.07, 6.45) is 0. The van der Waals surface area contributed by atoms with Gasteiger partial charge in [0, 0.05) is 18.1 Å². The molecule has 2 rings (SSSR count). The van der Waals surface area contributed by atoms with Gasteiger partial charge in [0.1, 0.15) is 0 Å². The van der Waals surface area contributed by atoms with Crippen molar-refractivity contribution in [3.05, 3.63) is 28.2 Å². The number of amides is 2. The summed E-state index contributed by atoms with van der Waals surface area (Å²) in [5.41, 5.74) is 0.512. The van der Waals surface area contributed by atoms with Crippen molar-refractivity contribution in [2.45, 2.75) is 0 Å². The molecule has 19 heavy (non-hydrogen) atoms. The smallest absolute Gasteiger partial charge is 0.238 e. The predicted octanol–water partition coefficient (Wildman–Crippen LogP) is 1.36. The third-order valence-corrected chi connectivity index (χ3v) is 3.24. The van der Waals surface area contributed by atoms with Crippen LogP contribution in [0.25, 0.3) is 0 Å².